The molecule has 0 saturated heterocycles. The van der Waals surface area contributed by atoms with Gasteiger partial charge in [-0.2, -0.15) is 0 Å². The molecular formula is C11H9NO3S. The number of benzene rings is 1. The molecule has 4 nitrogen and oxygen atoms in total. The van der Waals surface area contributed by atoms with Crippen LogP contribution in [0.2, 0.25) is 0 Å². The molecule has 1 aromatic carbocycles. The van der Waals surface area contributed by atoms with Crippen molar-refractivity contribution in [1.29, 1.82) is 0 Å². The molecule has 16 heavy (non-hydrogen) atoms. The smallest absolute Gasteiger partial charge is 0.348 e. The molecule has 0 radical (unpaired) electrons. The first-order valence-corrected chi connectivity index (χ1v) is 5.41. The Labute approximate surface area is 96.1 Å². The average molecular weight is 235 g/mol. The van der Waals surface area contributed by atoms with Crippen molar-refractivity contribution < 1.29 is 14.6 Å². The van der Waals surface area contributed by atoms with Gasteiger partial charge >= 0.3 is 5.97 Å². The minimum Gasteiger partial charge on any atom is -0.497 e. The molecule has 0 atom stereocenters. The van der Waals surface area contributed by atoms with E-state index < -0.39 is 5.97 Å². The number of hydrogen-bond acceptors (Lipinski definition) is 4. The highest BCUT2D eigenvalue weighted by Gasteiger charge is 2.14. The molecule has 0 amide bonds. The van der Waals surface area contributed by atoms with E-state index in [4.69, 9.17) is 9.84 Å². The summed E-state index contributed by atoms with van der Waals surface area (Å²) in [5.74, 6) is -0.218. The second-order valence-electron chi connectivity index (χ2n) is 3.06. The Hall–Kier alpha value is -1.88. The first-order chi connectivity index (χ1) is 7.72. The van der Waals surface area contributed by atoms with Crippen molar-refractivity contribution >= 4 is 17.3 Å². The van der Waals surface area contributed by atoms with E-state index in [0.29, 0.717) is 5.69 Å². The molecule has 0 spiro atoms. The monoisotopic (exact) mass is 235 g/mol. The van der Waals surface area contributed by atoms with E-state index in [1.54, 1.807) is 31.4 Å². The molecule has 1 aromatic heterocycles. The van der Waals surface area contributed by atoms with Gasteiger partial charge in [-0.15, -0.1) is 11.3 Å². The lowest BCUT2D eigenvalue weighted by Gasteiger charge is -2.01. The summed E-state index contributed by atoms with van der Waals surface area (Å²) in [5, 5.41) is 8.96. The number of ether oxygens (including phenoxy) is 1. The Kier molecular flexibility index (Phi) is 2.87. The van der Waals surface area contributed by atoms with Gasteiger partial charge in [-0.3, -0.25) is 0 Å². The van der Waals surface area contributed by atoms with Gasteiger partial charge in [0.25, 0.3) is 0 Å². The third-order valence-electron chi connectivity index (χ3n) is 2.13. The molecule has 1 N–H and O–H groups in total. The Morgan fingerprint density at radius 2 is 2.06 bits per heavy atom. The van der Waals surface area contributed by atoms with Crippen LogP contribution in [-0.4, -0.2) is 23.2 Å². The van der Waals surface area contributed by atoms with Crippen LogP contribution in [0.3, 0.4) is 0 Å². The lowest BCUT2D eigenvalue weighted by molar-refractivity contribution is 0.0702. The van der Waals surface area contributed by atoms with E-state index >= 15 is 0 Å². The zero-order chi connectivity index (χ0) is 11.5. The molecule has 5 heteroatoms. The van der Waals surface area contributed by atoms with Crippen LogP contribution in [0.25, 0.3) is 11.3 Å². The molecule has 82 valence electrons. The number of rotatable bonds is 3. The van der Waals surface area contributed by atoms with Crippen molar-refractivity contribution in [3.05, 3.63) is 34.7 Å². The van der Waals surface area contributed by atoms with E-state index in [9.17, 15) is 4.79 Å². The molecule has 1 heterocycles. The molecule has 2 aromatic rings. The van der Waals surface area contributed by atoms with Crippen LogP contribution in [-0.2, 0) is 0 Å². The first-order valence-electron chi connectivity index (χ1n) is 4.53. The van der Waals surface area contributed by atoms with Gasteiger partial charge in [0.05, 0.1) is 18.3 Å². The summed E-state index contributed by atoms with van der Waals surface area (Å²) in [4.78, 5) is 15.2. The zero-order valence-corrected chi connectivity index (χ0v) is 9.32. The number of hydrogen-bond donors (Lipinski definition) is 1. The Balaban J connectivity index is 2.42. The molecule has 2 rings (SSSR count). The molecule has 0 aliphatic carbocycles. The average Bonchev–Trinajstić information content (AvgIpc) is 2.78. The number of carbonyl (C=O) groups is 1. The second-order valence-corrected chi connectivity index (χ2v) is 3.92. The third-order valence-corrected chi connectivity index (χ3v) is 2.94. The minimum absolute atomic E-state index is 0.255. The highest BCUT2D eigenvalue weighted by Crippen LogP contribution is 2.26. The summed E-state index contributed by atoms with van der Waals surface area (Å²) >= 11 is 1.12. The summed E-state index contributed by atoms with van der Waals surface area (Å²) < 4.78 is 5.03. The summed E-state index contributed by atoms with van der Waals surface area (Å²) in [7, 11) is 1.58. The standard InChI is InChI=1S/C11H9NO3S/c1-15-8-4-2-7(3-5-8)9-10(11(13)14)16-6-12-9/h2-6H,1H3,(H,13,14). The normalized spacial score (nSPS) is 10.1. The van der Waals surface area contributed by atoms with Gasteiger partial charge in [-0.25, -0.2) is 9.78 Å². The Bertz CT molecular complexity index is 504. The quantitative estimate of drug-likeness (QED) is 0.888. The number of carboxylic acids is 1. The van der Waals surface area contributed by atoms with Crippen molar-refractivity contribution in [2.75, 3.05) is 7.11 Å². The van der Waals surface area contributed by atoms with Crippen molar-refractivity contribution in [1.82, 2.24) is 4.98 Å². The fourth-order valence-corrected chi connectivity index (χ4v) is 2.00. The highest BCUT2D eigenvalue weighted by molar-refractivity contribution is 7.12. The number of aromatic nitrogens is 1. The summed E-state index contributed by atoms with van der Waals surface area (Å²) in [5.41, 5.74) is 2.81. The SMILES string of the molecule is COc1ccc(-c2ncsc2C(=O)O)cc1. The van der Waals surface area contributed by atoms with E-state index in [1.807, 2.05) is 0 Å². The maximum absolute atomic E-state index is 10.9. The molecule has 0 aliphatic heterocycles. The van der Waals surface area contributed by atoms with Crippen LogP contribution in [0.4, 0.5) is 0 Å². The predicted octanol–water partition coefficient (Wildman–Crippen LogP) is 2.52. The van der Waals surface area contributed by atoms with Gasteiger partial charge in [0, 0.05) is 5.56 Å². The maximum atomic E-state index is 10.9. The van der Waals surface area contributed by atoms with Crippen molar-refractivity contribution in [3.63, 3.8) is 0 Å². The van der Waals surface area contributed by atoms with Crippen LogP contribution in [0, 0.1) is 0 Å². The topological polar surface area (TPSA) is 59.4 Å². The van der Waals surface area contributed by atoms with Gasteiger partial charge in [-0.1, -0.05) is 0 Å². The van der Waals surface area contributed by atoms with Crippen LogP contribution in [0.15, 0.2) is 29.8 Å². The van der Waals surface area contributed by atoms with Crippen LogP contribution in [0.1, 0.15) is 9.67 Å². The van der Waals surface area contributed by atoms with E-state index in [2.05, 4.69) is 4.98 Å². The van der Waals surface area contributed by atoms with Crippen molar-refractivity contribution in [2.24, 2.45) is 0 Å². The molecular weight excluding hydrogens is 226 g/mol. The van der Waals surface area contributed by atoms with Crippen molar-refractivity contribution in [3.8, 4) is 17.0 Å². The number of nitrogens with zero attached hydrogens (tertiary/aromatic N) is 1. The third kappa shape index (κ3) is 1.90. The first kappa shape index (κ1) is 10.6. The van der Waals surface area contributed by atoms with E-state index in [-0.39, 0.29) is 4.88 Å². The summed E-state index contributed by atoms with van der Waals surface area (Å²) in [6.45, 7) is 0. The van der Waals surface area contributed by atoms with Crippen LogP contribution in [0.5, 0.6) is 5.75 Å². The van der Waals surface area contributed by atoms with Gasteiger partial charge in [0.1, 0.15) is 10.6 Å². The minimum atomic E-state index is -0.951. The van der Waals surface area contributed by atoms with Crippen molar-refractivity contribution in [2.45, 2.75) is 0 Å². The lowest BCUT2D eigenvalue weighted by atomic mass is 10.1. The lowest BCUT2D eigenvalue weighted by Crippen LogP contribution is -1.95. The molecule has 0 fully saturated rings. The summed E-state index contributed by atoms with van der Waals surface area (Å²) in [6.07, 6.45) is 0. The fourth-order valence-electron chi connectivity index (χ4n) is 1.35. The largest absolute Gasteiger partial charge is 0.497 e. The number of thiazole rings is 1. The number of methoxy groups -OCH3 is 1. The number of aromatic carboxylic acids is 1. The zero-order valence-electron chi connectivity index (χ0n) is 8.51. The number of carboxylic acid groups (broad SMARTS) is 1. The maximum Gasteiger partial charge on any atom is 0.348 e. The van der Waals surface area contributed by atoms with Gasteiger partial charge < -0.3 is 9.84 Å². The molecule has 0 aliphatic rings. The Morgan fingerprint density at radius 3 is 2.62 bits per heavy atom. The Morgan fingerprint density at radius 1 is 1.38 bits per heavy atom. The molecule has 0 unspecified atom stereocenters. The molecule has 0 saturated carbocycles. The van der Waals surface area contributed by atoms with Gasteiger partial charge in [-0.05, 0) is 24.3 Å². The second kappa shape index (κ2) is 4.32. The van der Waals surface area contributed by atoms with Crippen LogP contribution >= 0.6 is 11.3 Å². The summed E-state index contributed by atoms with van der Waals surface area (Å²) in [6, 6.07) is 7.14. The fraction of sp³-hybridized carbons (Fsp3) is 0.0909. The van der Waals surface area contributed by atoms with E-state index in [0.717, 1.165) is 22.6 Å². The van der Waals surface area contributed by atoms with Gasteiger partial charge in [0.2, 0.25) is 0 Å². The highest BCUT2D eigenvalue weighted by atomic mass is 32.1. The van der Waals surface area contributed by atoms with Gasteiger partial charge in [0.15, 0.2) is 0 Å². The predicted molar refractivity (Wildman–Crippen MR) is 61.1 cm³/mol. The van der Waals surface area contributed by atoms with Crippen LogP contribution < -0.4 is 4.74 Å². The van der Waals surface area contributed by atoms with E-state index in [1.165, 1.54) is 5.51 Å². The molecule has 0 bridgehead atoms.